The number of carbonyl (C=O) groups excluding carboxylic acids is 3. The number of amides is 2. The molecule has 3 aromatic carbocycles. The van der Waals surface area contributed by atoms with Gasteiger partial charge in [0.2, 0.25) is 0 Å². The Bertz CT molecular complexity index is 1340. The second kappa shape index (κ2) is 11.2. The molecular formula is C24H22N2O8S. The van der Waals surface area contributed by atoms with Crippen LogP contribution in [0.4, 0.5) is 5.69 Å². The predicted molar refractivity (Wildman–Crippen MR) is 126 cm³/mol. The fourth-order valence-corrected chi connectivity index (χ4v) is 4.03. The summed E-state index contributed by atoms with van der Waals surface area (Å²) >= 11 is 0. The van der Waals surface area contributed by atoms with E-state index < -0.39 is 34.4 Å². The topological polar surface area (TPSA) is 137 Å². The molecule has 0 fully saturated rings. The molecule has 0 aliphatic carbocycles. The van der Waals surface area contributed by atoms with Crippen LogP contribution in [0.2, 0.25) is 0 Å². The summed E-state index contributed by atoms with van der Waals surface area (Å²) in [6.07, 6.45) is 0. The van der Waals surface area contributed by atoms with Gasteiger partial charge in [0, 0.05) is 5.56 Å². The zero-order valence-electron chi connectivity index (χ0n) is 18.8. The van der Waals surface area contributed by atoms with Crippen LogP contribution >= 0.6 is 0 Å². The van der Waals surface area contributed by atoms with Gasteiger partial charge in [0.05, 0.1) is 30.4 Å². The maximum absolute atomic E-state index is 12.8. The Kier molecular flexibility index (Phi) is 8.05. The second-order valence-corrected chi connectivity index (χ2v) is 8.70. The van der Waals surface area contributed by atoms with E-state index in [0.717, 1.165) is 6.07 Å². The molecule has 11 heteroatoms. The third kappa shape index (κ3) is 6.58. The van der Waals surface area contributed by atoms with Crippen molar-refractivity contribution in [3.05, 3.63) is 83.9 Å². The first-order valence-electron chi connectivity index (χ1n) is 10.1. The summed E-state index contributed by atoms with van der Waals surface area (Å²) in [5.74, 6) is -1.60. The van der Waals surface area contributed by atoms with Crippen LogP contribution < -0.4 is 19.5 Å². The minimum atomic E-state index is -4.06. The number of imide groups is 1. The van der Waals surface area contributed by atoms with Gasteiger partial charge in [-0.05, 0) is 54.6 Å². The lowest BCUT2D eigenvalue weighted by Crippen LogP contribution is -2.34. The number of sulfonamides is 1. The number of methoxy groups -OCH3 is 2. The van der Waals surface area contributed by atoms with E-state index in [1.54, 1.807) is 30.3 Å². The van der Waals surface area contributed by atoms with E-state index >= 15 is 0 Å². The second-order valence-electron chi connectivity index (χ2n) is 7.02. The van der Waals surface area contributed by atoms with Gasteiger partial charge < -0.3 is 14.2 Å². The first-order chi connectivity index (χ1) is 16.7. The Hall–Kier alpha value is -4.38. The molecule has 0 atom stereocenters. The van der Waals surface area contributed by atoms with Gasteiger partial charge in [0.1, 0.15) is 11.5 Å². The Morgan fingerprint density at radius 1 is 0.829 bits per heavy atom. The molecule has 35 heavy (non-hydrogen) atoms. The highest BCUT2D eigenvalue weighted by atomic mass is 32.2. The van der Waals surface area contributed by atoms with Crippen molar-refractivity contribution < 1.29 is 37.0 Å². The van der Waals surface area contributed by atoms with Crippen LogP contribution in [0.15, 0.2) is 77.7 Å². The summed E-state index contributed by atoms with van der Waals surface area (Å²) in [5.41, 5.74) is 0.342. The molecule has 0 radical (unpaired) electrons. The van der Waals surface area contributed by atoms with Crippen molar-refractivity contribution in [2.24, 2.45) is 0 Å². The molecule has 0 spiro atoms. The van der Waals surface area contributed by atoms with E-state index in [1.807, 2.05) is 0 Å². The van der Waals surface area contributed by atoms with Crippen molar-refractivity contribution >= 4 is 33.5 Å². The first-order valence-corrected chi connectivity index (χ1v) is 11.6. The quantitative estimate of drug-likeness (QED) is 0.430. The summed E-state index contributed by atoms with van der Waals surface area (Å²) in [6.45, 7) is -0.739. The lowest BCUT2D eigenvalue weighted by molar-refractivity contribution is -0.123. The van der Waals surface area contributed by atoms with Crippen molar-refractivity contribution in [1.82, 2.24) is 5.32 Å². The van der Waals surface area contributed by atoms with Crippen molar-refractivity contribution in [3.8, 4) is 11.5 Å². The number of anilines is 1. The monoisotopic (exact) mass is 498 g/mol. The highest BCUT2D eigenvalue weighted by Crippen LogP contribution is 2.26. The van der Waals surface area contributed by atoms with E-state index in [-0.39, 0.29) is 21.7 Å². The highest BCUT2D eigenvalue weighted by molar-refractivity contribution is 7.92. The number of para-hydroxylation sites is 2. The SMILES string of the molecule is COc1ccc(C(=O)NC(=O)COC(=O)c2cccc(S(=O)(=O)Nc3ccccc3OC)c2)cc1. The Balaban J connectivity index is 1.62. The molecule has 0 unspecified atom stereocenters. The lowest BCUT2D eigenvalue weighted by Gasteiger charge is -2.12. The van der Waals surface area contributed by atoms with Crippen LogP contribution in [0.25, 0.3) is 0 Å². The number of ether oxygens (including phenoxy) is 3. The molecule has 0 saturated heterocycles. The van der Waals surface area contributed by atoms with E-state index in [4.69, 9.17) is 14.2 Å². The van der Waals surface area contributed by atoms with Gasteiger partial charge in [0.15, 0.2) is 6.61 Å². The highest BCUT2D eigenvalue weighted by Gasteiger charge is 2.19. The van der Waals surface area contributed by atoms with E-state index in [1.165, 1.54) is 50.6 Å². The fraction of sp³-hybridized carbons (Fsp3) is 0.125. The summed E-state index contributed by atoms with van der Waals surface area (Å²) < 4.78 is 43.0. The van der Waals surface area contributed by atoms with Crippen molar-refractivity contribution in [2.45, 2.75) is 4.90 Å². The Labute approximate surface area is 201 Å². The fourth-order valence-electron chi connectivity index (χ4n) is 2.91. The minimum Gasteiger partial charge on any atom is -0.497 e. The number of nitrogens with one attached hydrogen (secondary N) is 2. The third-order valence-corrected chi connectivity index (χ3v) is 6.03. The largest absolute Gasteiger partial charge is 0.497 e. The maximum Gasteiger partial charge on any atom is 0.338 e. The number of rotatable bonds is 9. The van der Waals surface area contributed by atoms with Gasteiger partial charge in [0.25, 0.3) is 21.8 Å². The molecule has 0 aliphatic heterocycles. The first kappa shape index (κ1) is 25.2. The smallest absolute Gasteiger partial charge is 0.338 e. The molecule has 10 nitrogen and oxygen atoms in total. The average molecular weight is 499 g/mol. The Morgan fingerprint density at radius 2 is 1.54 bits per heavy atom. The van der Waals surface area contributed by atoms with Crippen LogP contribution in [0.1, 0.15) is 20.7 Å². The van der Waals surface area contributed by atoms with Gasteiger partial charge in [-0.3, -0.25) is 19.6 Å². The zero-order valence-corrected chi connectivity index (χ0v) is 19.6. The average Bonchev–Trinajstić information content (AvgIpc) is 2.87. The predicted octanol–water partition coefficient (Wildman–Crippen LogP) is 2.62. The molecule has 0 heterocycles. The van der Waals surface area contributed by atoms with E-state index in [2.05, 4.69) is 10.0 Å². The van der Waals surface area contributed by atoms with Crippen LogP contribution in [-0.4, -0.2) is 47.0 Å². The number of hydrogen-bond donors (Lipinski definition) is 2. The van der Waals surface area contributed by atoms with Crippen LogP contribution in [0.5, 0.6) is 11.5 Å². The Morgan fingerprint density at radius 3 is 2.23 bits per heavy atom. The standard InChI is InChI=1S/C24H22N2O8S/c1-32-18-12-10-16(11-13-18)23(28)25-22(27)15-34-24(29)17-6-5-7-19(14-17)35(30,31)26-20-8-3-4-9-21(20)33-2/h3-14,26H,15H2,1-2H3,(H,25,27,28). The molecular weight excluding hydrogens is 476 g/mol. The summed E-state index contributed by atoms with van der Waals surface area (Å²) in [6, 6.07) is 17.6. The van der Waals surface area contributed by atoms with E-state index in [0.29, 0.717) is 11.5 Å². The van der Waals surface area contributed by atoms with Crippen molar-refractivity contribution in [1.29, 1.82) is 0 Å². The number of hydrogen-bond acceptors (Lipinski definition) is 8. The van der Waals surface area contributed by atoms with Gasteiger partial charge in [-0.15, -0.1) is 0 Å². The maximum atomic E-state index is 12.8. The zero-order chi connectivity index (χ0) is 25.4. The summed E-state index contributed by atoms with van der Waals surface area (Å²) in [7, 11) is -1.17. The number of esters is 1. The number of carbonyl (C=O) groups is 3. The molecule has 3 aromatic rings. The molecule has 0 aromatic heterocycles. The number of benzene rings is 3. The molecule has 0 aliphatic rings. The molecule has 2 amide bonds. The van der Waals surface area contributed by atoms with Crippen LogP contribution in [-0.2, 0) is 19.6 Å². The summed E-state index contributed by atoms with van der Waals surface area (Å²) in [4.78, 5) is 36.3. The van der Waals surface area contributed by atoms with Gasteiger partial charge in [-0.25, -0.2) is 13.2 Å². The molecule has 0 saturated carbocycles. The van der Waals surface area contributed by atoms with Crippen molar-refractivity contribution in [2.75, 3.05) is 25.5 Å². The molecule has 0 bridgehead atoms. The normalized spacial score (nSPS) is 10.7. The molecule has 182 valence electrons. The third-order valence-electron chi connectivity index (χ3n) is 4.67. The summed E-state index contributed by atoms with van der Waals surface area (Å²) in [5, 5.41) is 2.10. The van der Waals surface area contributed by atoms with Crippen LogP contribution in [0.3, 0.4) is 0 Å². The molecule has 2 N–H and O–H groups in total. The van der Waals surface area contributed by atoms with Gasteiger partial charge in [-0.2, -0.15) is 0 Å². The lowest BCUT2D eigenvalue weighted by atomic mass is 10.2. The van der Waals surface area contributed by atoms with Gasteiger partial charge in [-0.1, -0.05) is 18.2 Å². The van der Waals surface area contributed by atoms with Crippen LogP contribution in [0, 0.1) is 0 Å². The van der Waals surface area contributed by atoms with Gasteiger partial charge >= 0.3 is 5.97 Å². The minimum absolute atomic E-state index is 0.0952. The van der Waals surface area contributed by atoms with E-state index in [9.17, 15) is 22.8 Å². The van der Waals surface area contributed by atoms with Crippen molar-refractivity contribution in [3.63, 3.8) is 0 Å². The molecule has 3 rings (SSSR count).